The van der Waals surface area contributed by atoms with Crippen LogP contribution >= 0.6 is 0 Å². The van der Waals surface area contributed by atoms with Crippen molar-refractivity contribution in [2.75, 3.05) is 14.1 Å². The van der Waals surface area contributed by atoms with Gasteiger partial charge in [-0.25, -0.2) is 17.5 Å². The van der Waals surface area contributed by atoms with Crippen molar-refractivity contribution in [3.63, 3.8) is 0 Å². The fourth-order valence-corrected chi connectivity index (χ4v) is 2.55. The molecule has 0 aliphatic heterocycles. The molecular weight excluding hydrogens is 308 g/mol. The Labute approximate surface area is 127 Å². The maximum atomic E-state index is 11.9. The van der Waals surface area contributed by atoms with Crippen LogP contribution in [0.4, 0.5) is 0 Å². The molecule has 1 heterocycles. The Morgan fingerprint density at radius 1 is 1.23 bits per heavy atom. The number of hydrogen-bond donors (Lipinski definition) is 2. The Morgan fingerprint density at radius 3 is 2.41 bits per heavy atom. The molecule has 1 aromatic heterocycles. The fraction of sp³-hybridized carbons (Fsp3) is 0.154. The zero-order valence-corrected chi connectivity index (χ0v) is 12.7. The third-order valence-electron chi connectivity index (χ3n) is 2.88. The van der Waals surface area contributed by atoms with Gasteiger partial charge < -0.3 is 5.11 Å². The number of nitrogens with one attached hydrogen (secondary N) is 1. The topological polar surface area (TPSA) is 116 Å². The Morgan fingerprint density at radius 2 is 1.86 bits per heavy atom. The normalized spacial score (nSPS) is 12.1. The summed E-state index contributed by atoms with van der Waals surface area (Å²) in [5.41, 5.74) is 0.796. The van der Waals surface area contributed by atoms with Crippen molar-refractivity contribution in [3.8, 4) is 0 Å². The van der Waals surface area contributed by atoms with Gasteiger partial charge in [0.1, 0.15) is 0 Å². The van der Waals surface area contributed by atoms with E-state index in [4.69, 9.17) is 5.11 Å². The molecule has 2 N–H and O–H groups in total. The van der Waals surface area contributed by atoms with E-state index in [0.717, 1.165) is 4.31 Å². The van der Waals surface area contributed by atoms with Crippen molar-refractivity contribution in [3.05, 3.63) is 41.2 Å². The van der Waals surface area contributed by atoms with Crippen molar-refractivity contribution in [2.45, 2.75) is 4.90 Å². The molecule has 0 saturated heterocycles. The van der Waals surface area contributed by atoms with Crippen LogP contribution in [0.2, 0.25) is 0 Å². The van der Waals surface area contributed by atoms with Crippen LogP contribution in [0.1, 0.15) is 21.7 Å². The summed E-state index contributed by atoms with van der Waals surface area (Å²) in [5, 5.41) is 18.3. The summed E-state index contributed by atoms with van der Waals surface area (Å²) >= 11 is 0. The number of H-pyrrole nitrogens is 1. The Balaban J connectivity index is 2.23. The molecule has 22 heavy (non-hydrogen) atoms. The van der Waals surface area contributed by atoms with Crippen LogP contribution in [0.3, 0.4) is 0 Å². The van der Waals surface area contributed by atoms with Crippen LogP contribution in [0, 0.1) is 0 Å². The van der Waals surface area contributed by atoms with Crippen LogP contribution in [0.15, 0.2) is 29.2 Å². The van der Waals surface area contributed by atoms with Gasteiger partial charge in [0.05, 0.1) is 10.6 Å². The second kappa shape index (κ2) is 6.08. The molecule has 0 bridgehead atoms. The van der Waals surface area contributed by atoms with E-state index < -0.39 is 16.0 Å². The van der Waals surface area contributed by atoms with Gasteiger partial charge in [-0.3, -0.25) is 5.10 Å². The summed E-state index contributed by atoms with van der Waals surface area (Å²) in [5.74, 6) is -1.18. The van der Waals surface area contributed by atoms with Crippen LogP contribution in [-0.2, 0) is 10.0 Å². The van der Waals surface area contributed by atoms with E-state index in [1.165, 1.54) is 32.3 Å². The lowest BCUT2D eigenvalue weighted by Crippen LogP contribution is -2.22. The van der Waals surface area contributed by atoms with Crippen molar-refractivity contribution in [1.29, 1.82) is 0 Å². The lowest BCUT2D eigenvalue weighted by Gasteiger charge is -2.11. The third kappa shape index (κ3) is 3.21. The summed E-state index contributed by atoms with van der Waals surface area (Å²) < 4.78 is 25.0. The molecule has 2 rings (SSSR count). The maximum Gasteiger partial charge on any atom is 0.358 e. The monoisotopic (exact) mass is 322 g/mol. The first kappa shape index (κ1) is 15.9. The van der Waals surface area contributed by atoms with Crippen LogP contribution in [0.5, 0.6) is 0 Å². The lowest BCUT2D eigenvalue weighted by molar-refractivity contribution is 0.0690. The number of hydrogen-bond acceptors (Lipinski definition) is 5. The largest absolute Gasteiger partial charge is 0.476 e. The highest BCUT2D eigenvalue weighted by molar-refractivity contribution is 7.89. The average Bonchev–Trinajstić information content (AvgIpc) is 2.94. The van der Waals surface area contributed by atoms with Gasteiger partial charge in [-0.05, 0) is 23.8 Å². The first-order chi connectivity index (χ1) is 10.3. The molecule has 0 radical (unpaired) electrons. The Hall–Kier alpha value is -2.52. The van der Waals surface area contributed by atoms with E-state index in [2.05, 4.69) is 15.4 Å². The van der Waals surface area contributed by atoms with E-state index >= 15 is 0 Å². The lowest BCUT2D eigenvalue weighted by atomic mass is 10.2. The predicted molar refractivity (Wildman–Crippen MR) is 79.6 cm³/mol. The Kier molecular flexibility index (Phi) is 4.38. The standard InChI is InChI=1S/C13H14N4O4S/c1-17(2)22(20,21)10-6-3-9(4-7-10)5-8-11-12(13(18)19)15-16-14-11/h3-8H,1-2H3,(H,18,19)(H,14,15,16). The maximum absolute atomic E-state index is 11.9. The zero-order chi connectivity index (χ0) is 16.3. The van der Waals surface area contributed by atoms with Crippen molar-refractivity contribution < 1.29 is 18.3 Å². The number of aromatic nitrogens is 3. The number of benzene rings is 1. The number of carboxylic acid groups (broad SMARTS) is 1. The summed E-state index contributed by atoms with van der Waals surface area (Å²) in [7, 11) is -0.544. The minimum absolute atomic E-state index is 0.178. The van der Waals surface area contributed by atoms with E-state index in [1.807, 2.05) is 0 Å². The number of aromatic amines is 1. The van der Waals surface area contributed by atoms with Crippen molar-refractivity contribution in [2.24, 2.45) is 0 Å². The van der Waals surface area contributed by atoms with Gasteiger partial charge in [-0.1, -0.05) is 23.4 Å². The minimum Gasteiger partial charge on any atom is -0.476 e. The van der Waals surface area contributed by atoms with E-state index in [0.29, 0.717) is 5.56 Å². The van der Waals surface area contributed by atoms with Crippen molar-refractivity contribution in [1.82, 2.24) is 19.7 Å². The van der Waals surface area contributed by atoms with E-state index in [-0.39, 0.29) is 16.3 Å². The number of rotatable bonds is 5. The SMILES string of the molecule is CN(C)S(=O)(=O)c1ccc(C=Cc2[nH]nnc2C(=O)O)cc1. The number of aromatic carboxylic acids is 1. The highest BCUT2D eigenvalue weighted by Crippen LogP contribution is 2.15. The predicted octanol–water partition coefficient (Wildman–Crippen LogP) is 0.924. The molecule has 1 aromatic carbocycles. The highest BCUT2D eigenvalue weighted by atomic mass is 32.2. The minimum atomic E-state index is -3.46. The average molecular weight is 322 g/mol. The molecule has 0 fully saturated rings. The number of carboxylic acids is 1. The fourth-order valence-electron chi connectivity index (χ4n) is 1.65. The number of sulfonamides is 1. The summed E-state index contributed by atoms with van der Waals surface area (Å²) in [4.78, 5) is 11.1. The van der Waals surface area contributed by atoms with Crippen LogP contribution in [-0.4, -0.2) is 53.3 Å². The quantitative estimate of drug-likeness (QED) is 0.845. The summed E-state index contributed by atoms with van der Waals surface area (Å²) in [6, 6.07) is 6.21. The zero-order valence-electron chi connectivity index (χ0n) is 11.9. The molecule has 116 valence electrons. The molecule has 0 amide bonds. The molecule has 0 saturated carbocycles. The molecular formula is C13H14N4O4S. The number of carbonyl (C=O) groups is 1. The van der Waals surface area contributed by atoms with Gasteiger partial charge in [0.15, 0.2) is 5.69 Å². The summed E-state index contributed by atoms with van der Waals surface area (Å²) in [6.07, 6.45) is 3.15. The van der Waals surface area contributed by atoms with E-state index in [1.54, 1.807) is 18.2 Å². The molecule has 8 nitrogen and oxygen atoms in total. The van der Waals surface area contributed by atoms with Crippen molar-refractivity contribution >= 4 is 28.1 Å². The van der Waals surface area contributed by atoms with E-state index in [9.17, 15) is 13.2 Å². The Bertz CT molecular complexity index is 807. The first-order valence-corrected chi connectivity index (χ1v) is 7.61. The molecule has 0 unspecified atom stereocenters. The van der Waals surface area contributed by atoms with Gasteiger partial charge in [-0.15, -0.1) is 5.10 Å². The molecule has 0 atom stereocenters. The first-order valence-electron chi connectivity index (χ1n) is 6.17. The molecule has 0 spiro atoms. The molecule has 2 aromatic rings. The summed E-state index contributed by atoms with van der Waals surface area (Å²) in [6.45, 7) is 0. The van der Waals surface area contributed by atoms with Crippen LogP contribution < -0.4 is 0 Å². The van der Waals surface area contributed by atoms with Gasteiger partial charge in [0.25, 0.3) is 0 Å². The molecule has 0 aliphatic carbocycles. The third-order valence-corrected chi connectivity index (χ3v) is 4.71. The molecule has 0 aliphatic rings. The second-order valence-corrected chi connectivity index (χ2v) is 6.72. The highest BCUT2D eigenvalue weighted by Gasteiger charge is 2.16. The van der Waals surface area contributed by atoms with Gasteiger partial charge >= 0.3 is 5.97 Å². The smallest absolute Gasteiger partial charge is 0.358 e. The second-order valence-electron chi connectivity index (χ2n) is 4.57. The van der Waals surface area contributed by atoms with Gasteiger partial charge in [0, 0.05) is 14.1 Å². The van der Waals surface area contributed by atoms with Gasteiger partial charge in [-0.2, -0.15) is 0 Å². The van der Waals surface area contributed by atoms with Gasteiger partial charge in [0.2, 0.25) is 10.0 Å². The molecule has 9 heteroatoms. The number of nitrogens with zero attached hydrogens (tertiary/aromatic N) is 3. The van der Waals surface area contributed by atoms with Crippen LogP contribution in [0.25, 0.3) is 12.2 Å².